The highest BCUT2D eigenvalue weighted by atomic mass is 35.5. The number of rotatable bonds is 7. The van der Waals surface area contributed by atoms with Crippen molar-refractivity contribution < 1.29 is 19.1 Å². The number of hydrogen-bond donors (Lipinski definition) is 1. The molecule has 1 amide bonds. The monoisotopic (exact) mass is 388 g/mol. The van der Waals surface area contributed by atoms with Crippen LogP contribution >= 0.6 is 11.6 Å². The van der Waals surface area contributed by atoms with E-state index in [9.17, 15) is 14.4 Å². The number of ether oxygens (including phenoxy) is 1. The van der Waals surface area contributed by atoms with Crippen LogP contribution in [0.15, 0.2) is 36.5 Å². The predicted octanol–water partition coefficient (Wildman–Crippen LogP) is 3.89. The van der Waals surface area contributed by atoms with Crippen LogP contribution in [0.4, 0.5) is 5.69 Å². The lowest BCUT2D eigenvalue weighted by Gasteiger charge is -2.14. The van der Waals surface area contributed by atoms with E-state index in [0.717, 1.165) is 11.1 Å². The van der Waals surface area contributed by atoms with E-state index in [2.05, 4.69) is 10.3 Å². The maximum Gasteiger partial charge on any atom is 0.307 e. The van der Waals surface area contributed by atoms with Crippen LogP contribution in [0.25, 0.3) is 0 Å². The van der Waals surface area contributed by atoms with E-state index in [0.29, 0.717) is 11.3 Å². The molecule has 142 valence electrons. The van der Waals surface area contributed by atoms with Gasteiger partial charge >= 0.3 is 5.97 Å². The zero-order chi connectivity index (χ0) is 20.0. The molecule has 1 heterocycles. The fourth-order valence-electron chi connectivity index (χ4n) is 2.41. The Morgan fingerprint density at radius 2 is 1.93 bits per heavy atom. The van der Waals surface area contributed by atoms with Crippen molar-refractivity contribution in [3.8, 4) is 0 Å². The number of carbonyl (C=O) groups excluding carboxylic acids is 3. The molecule has 1 aromatic heterocycles. The van der Waals surface area contributed by atoms with Crippen LogP contribution in [0.5, 0.6) is 0 Å². The molecule has 7 heteroatoms. The Hall–Kier alpha value is -2.73. The van der Waals surface area contributed by atoms with Crippen molar-refractivity contribution in [3.05, 3.63) is 58.4 Å². The average molecular weight is 389 g/mol. The molecular formula is C20H21ClN2O4. The highest BCUT2D eigenvalue weighted by molar-refractivity contribution is 6.32. The SMILES string of the molecule is Cc1ccc(C)c(C(=O)CCC(=O)O[C@H](C)C(=O)Nc2cccnc2Cl)c1. The lowest BCUT2D eigenvalue weighted by atomic mass is 9.99. The van der Waals surface area contributed by atoms with Crippen molar-refractivity contribution >= 4 is 34.9 Å². The van der Waals surface area contributed by atoms with Crippen molar-refractivity contribution in [1.29, 1.82) is 0 Å². The van der Waals surface area contributed by atoms with Crippen LogP contribution in [0.2, 0.25) is 5.15 Å². The molecule has 0 radical (unpaired) electrons. The van der Waals surface area contributed by atoms with Crippen LogP contribution in [0, 0.1) is 13.8 Å². The number of esters is 1. The summed E-state index contributed by atoms with van der Waals surface area (Å²) >= 11 is 5.87. The topological polar surface area (TPSA) is 85.4 Å². The zero-order valence-corrected chi connectivity index (χ0v) is 16.2. The van der Waals surface area contributed by atoms with Crippen molar-refractivity contribution in [2.24, 2.45) is 0 Å². The van der Waals surface area contributed by atoms with Gasteiger partial charge in [-0.3, -0.25) is 14.4 Å². The summed E-state index contributed by atoms with van der Waals surface area (Å²) in [5.74, 6) is -1.28. The Morgan fingerprint density at radius 1 is 1.19 bits per heavy atom. The molecule has 0 fully saturated rings. The Labute approximate surface area is 162 Å². The van der Waals surface area contributed by atoms with Crippen LogP contribution in [-0.4, -0.2) is 28.7 Å². The average Bonchev–Trinajstić information content (AvgIpc) is 2.63. The summed E-state index contributed by atoms with van der Waals surface area (Å²) in [4.78, 5) is 40.2. The molecular weight excluding hydrogens is 368 g/mol. The molecule has 0 bridgehead atoms. The fourth-order valence-corrected chi connectivity index (χ4v) is 2.58. The van der Waals surface area contributed by atoms with Gasteiger partial charge in [0.25, 0.3) is 5.91 Å². The first-order valence-corrected chi connectivity index (χ1v) is 8.87. The molecule has 2 aromatic rings. The van der Waals surface area contributed by atoms with Crippen LogP contribution < -0.4 is 5.32 Å². The maximum absolute atomic E-state index is 12.3. The minimum Gasteiger partial charge on any atom is -0.453 e. The summed E-state index contributed by atoms with van der Waals surface area (Å²) in [5.41, 5.74) is 2.77. The molecule has 0 unspecified atom stereocenters. The van der Waals surface area contributed by atoms with E-state index in [1.807, 2.05) is 26.0 Å². The molecule has 0 spiro atoms. The molecule has 0 aliphatic heterocycles. The zero-order valence-electron chi connectivity index (χ0n) is 15.4. The van der Waals surface area contributed by atoms with E-state index < -0.39 is 18.0 Å². The third-order valence-electron chi connectivity index (χ3n) is 3.94. The third-order valence-corrected chi connectivity index (χ3v) is 4.25. The molecule has 0 aliphatic rings. The Morgan fingerprint density at radius 3 is 2.63 bits per heavy atom. The number of nitrogens with one attached hydrogen (secondary N) is 1. The third kappa shape index (κ3) is 5.89. The molecule has 1 atom stereocenters. The number of carbonyl (C=O) groups is 3. The van der Waals surface area contributed by atoms with Gasteiger partial charge in [0.1, 0.15) is 0 Å². The lowest BCUT2D eigenvalue weighted by Crippen LogP contribution is -2.30. The molecule has 1 aromatic carbocycles. The van der Waals surface area contributed by atoms with Gasteiger partial charge < -0.3 is 10.1 Å². The lowest BCUT2D eigenvalue weighted by molar-refractivity contribution is -0.153. The van der Waals surface area contributed by atoms with Crippen molar-refractivity contribution in [2.45, 2.75) is 39.7 Å². The summed E-state index contributed by atoms with van der Waals surface area (Å²) in [6.07, 6.45) is 0.391. The van der Waals surface area contributed by atoms with Crippen LogP contribution in [0.1, 0.15) is 41.3 Å². The fraction of sp³-hybridized carbons (Fsp3) is 0.300. The first-order chi connectivity index (χ1) is 12.8. The minimum absolute atomic E-state index is 0.0197. The Kier molecular flexibility index (Phi) is 7.07. The Balaban J connectivity index is 1.86. The number of hydrogen-bond acceptors (Lipinski definition) is 5. The van der Waals surface area contributed by atoms with Gasteiger partial charge in [0.2, 0.25) is 0 Å². The van der Waals surface area contributed by atoms with Crippen molar-refractivity contribution in [1.82, 2.24) is 4.98 Å². The van der Waals surface area contributed by atoms with Gasteiger partial charge in [-0.15, -0.1) is 0 Å². The van der Waals surface area contributed by atoms with Crippen molar-refractivity contribution in [2.75, 3.05) is 5.32 Å². The van der Waals surface area contributed by atoms with Gasteiger partial charge in [-0.05, 0) is 44.5 Å². The number of Topliss-reactive ketones (excluding diaryl/α,β-unsaturated/α-hetero) is 1. The maximum atomic E-state index is 12.3. The molecule has 1 N–H and O–H groups in total. The largest absolute Gasteiger partial charge is 0.453 e. The number of pyridine rings is 1. The second kappa shape index (κ2) is 9.28. The number of halogens is 1. The molecule has 0 saturated heterocycles. The molecule has 27 heavy (non-hydrogen) atoms. The second-order valence-electron chi connectivity index (χ2n) is 6.20. The van der Waals surface area contributed by atoms with Gasteiger partial charge in [0.15, 0.2) is 17.0 Å². The summed E-state index contributed by atoms with van der Waals surface area (Å²) in [6.45, 7) is 5.20. The smallest absolute Gasteiger partial charge is 0.307 e. The van der Waals surface area contributed by atoms with E-state index in [-0.39, 0.29) is 23.8 Å². The van der Waals surface area contributed by atoms with Crippen LogP contribution in [-0.2, 0) is 14.3 Å². The molecule has 2 rings (SSSR count). The summed E-state index contributed by atoms with van der Waals surface area (Å²) in [5, 5.41) is 2.68. The van der Waals surface area contributed by atoms with E-state index in [4.69, 9.17) is 16.3 Å². The van der Waals surface area contributed by atoms with E-state index in [1.165, 1.54) is 13.1 Å². The van der Waals surface area contributed by atoms with Gasteiger partial charge in [0, 0.05) is 18.2 Å². The number of amides is 1. The first kappa shape index (κ1) is 20.6. The minimum atomic E-state index is -1.02. The highest BCUT2D eigenvalue weighted by Crippen LogP contribution is 2.18. The molecule has 0 aliphatic carbocycles. The van der Waals surface area contributed by atoms with E-state index >= 15 is 0 Å². The van der Waals surface area contributed by atoms with Crippen molar-refractivity contribution in [3.63, 3.8) is 0 Å². The quantitative estimate of drug-likeness (QED) is 0.442. The van der Waals surface area contributed by atoms with E-state index in [1.54, 1.807) is 18.2 Å². The predicted molar refractivity (Wildman–Crippen MR) is 103 cm³/mol. The first-order valence-electron chi connectivity index (χ1n) is 8.49. The van der Waals surface area contributed by atoms with Gasteiger partial charge in [-0.25, -0.2) is 4.98 Å². The highest BCUT2D eigenvalue weighted by Gasteiger charge is 2.20. The molecule has 6 nitrogen and oxygen atoms in total. The second-order valence-corrected chi connectivity index (χ2v) is 6.56. The normalized spacial score (nSPS) is 11.6. The summed E-state index contributed by atoms with van der Waals surface area (Å²) < 4.78 is 5.10. The number of aryl methyl sites for hydroxylation is 2. The number of aromatic nitrogens is 1. The Bertz CT molecular complexity index is 867. The number of anilines is 1. The summed E-state index contributed by atoms with van der Waals surface area (Å²) in [6, 6.07) is 8.81. The summed E-state index contributed by atoms with van der Waals surface area (Å²) in [7, 11) is 0. The molecule has 0 saturated carbocycles. The van der Waals surface area contributed by atoms with Gasteiger partial charge in [0.05, 0.1) is 12.1 Å². The number of nitrogens with zero attached hydrogens (tertiary/aromatic N) is 1. The van der Waals surface area contributed by atoms with Crippen LogP contribution in [0.3, 0.4) is 0 Å². The van der Waals surface area contributed by atoms with Gasteiger partial charge in [-0.1, -0.05) is 29.3 Å². The number of benzene rings is 1. The standard InChI is InChI=1S/C20H21ClN2O4/c1-12-6-7-13(2)15(11-12)17(24)8-9-18(25)27-14(3)20(26)23-16-5-4-10-22-19(16)21/h4-7,10-11,14H,8-9H2,1-3H3,(H,23,26)/t14-/m1/s1. The van der Waals surface area contributed by atoms with Gasteiger partial charge in [-0.2, -0.15) is 0 Å². The number of ketones is 1.